The van der Waals surface area contributed by atoms with E-state index >= 15 is 0 Å². The average molecular weight is 742 g/mol. The number of anilines is 1. The van der Waals surface area contributed by atoms with Gasteiger partial charge in [0, 0.05) is 54.6 Å². The maximum absolute atomic E-state index is 14.3. The molecule has 0 saturated carbocycles. The number of morpholine rings is 1. The van der Waals surface area contributed by atoms with Crippen molar-refractivity contribution in [3.8, 4) is 34.3 Å². The van der Waals surface area contributed by atoms with E-state index in [4.69, 9.17) is 28.9 Å². The molecule has 8 rings (SSSR count). The molecule has 0 radical (unpaired) electrons. The normalized spacial score (nSPS) is 17.5. The molecule has 0 spiro atoms. The molecule has 10 nitrogen and oxygen atoms in total. The Bertz CT molecular complexity index is 2240. The molecular formula is C45H51N5O5. The first-order valence-electron chi connectivity index (χ1n) is 19.5. The fourth-order valence-electron chi connectivity index (χ4n) is 7.72. The summed E-state index contributed by atoms with van der Waals surface area (Å²) in [4.78, 5) is 29.0. The number of nitrogens with zero attached hydrogens (tertiary/aromatic N) is 5. The van der Waals surface area contributed by atoms with E-state index in [9.17, 15) is 4.79 Å². The molecule has 0 amide bonds. The lowest BCUT2D eigenvalue weighted by Crippen LogP contribution is -2.45. The topological polar surface area (TPSA) is 90.7 Å². The second-order valence-electron chi connectivity index (χ2n) is 15.9. The number of hydrogen-bond donors (Lipinski definition) is 0. The molecule has 3 aliphatic rings. The molecule has 2 fully saturated rings. The zero-order chi connectivity index (χ0) is 38.2. The second kappa shape index (κ2) is 15.2. The summed E-state index contributed by atoms with van der Waals surface area (Å²) in [6.07, 6.45) is 5.19. The summed E-state index contributed by atoms with van der Waals surface area (Å²) < 4.78 is 26.2. The first-order valence-corrected chi connectivity index (χ1v) is 19.5. The van der Waals surface area contributed by atoms with Gasteiger partial charge < -0.3 is 23.8 Å². The largest absolute Gasteiger partial charge is 0.494 e. The van der Waals surface area contributed by atoms with E-state index in [1.165, 1.54) is 6.42 Å². The average Bonchev–Trinajstić information content (AvgIpc) is 3.57. The van der Waals surface area contributed by atoms with Gasteiger partial charge in [-0.15, -0.1) is 0 Å². The predicted octanol–water partition coefficient (Wildman–Crippen LogP) is 8.23. The van der Waals surface area contributed by atoms with Crippen LogP contribution < -0.4 is 24.7 Å². The van der Waals surface area contributed by atoms with Crippen LogP contribution in [0.4, 0.5) is 11.4 Å². The van der Waals surface area contributed by atoms with E-state index in [-0.39, 0.29) is 11.0 Å². The molecule has 0 aliphatic carbocycles. The van der Waals surface area contributed by atoms with Gasteiger partial charge in [-0.25, -0.2) is 4.98 Å². The summed E-state index contributed by atoms with van der Waals surface area (Å²) in [6.45, 7) is 14.0. The van der Waals surface area contributed by atoms with Crippen LogP contribution in [-0.2, 0) is 11.3 Å². The highest BCUT2D eigenvalue weighted by Gasteiger charge is 2.40. The van der Waals surface area contributed by atoms with Gasteiger partial charge in [0.05, 0.1) is 49.2 Å². The fraction of sp³-hybridized carbons (Fsp3) is 0.400. The van der Waals surface area contributed by atoms with Crippen molar-refractivity contribution in [3.63, 3.8) is 0 Å². The highest BCUT2D eigenvalue weighted by atomic mass is 16.5. The Labute approximate surface area is 323 Å². The number of fused-ring (bicyclic) bond motifs is 3. The van der Waals surface area contributed by atoms with Gasteiger partial charge >= 0.3 is 0 Å². The lowest BCUT2D eigenvalue weighted by Gasteiger charge is -2.42. The molecule has 2 saturated heterocycles. The molecule has 10 heteroatoms. The Morgan fingerprint density at radius 2 is 1.64 bits per heavy atom. The Morgan fingerprint density at radius 1 is 0.873 bits per heavy atom. The summed E-state index contributed by atoms with van der Waals surface area (Å²) >= 11 is 0. The summed E-state index contributed by atoms with van der Waals surface area (Å²) in [6, 6.07) is 28.0. The van der Waals surface area contributed by atoms with Crippen LogP contribution in [0.1, 0.15) is 52.5 Å². The Morgan fingerprint density at radius 3 is 2.40 bits per heavy atom. The van der Waals surface area contributed by atoms with Gasteiger partial charge in [-0.2, -0.15) is 0 Å². The summed E-state index contributed by atoms with van der Waals surface area (Å²) in [5.41, 5.74) is 4.41. The number of rotatable bonds is 11. The van der Waals surface area contributed by atoms with Gasteiger partial charge in [0.25, 0.3) is 5.56 Å². The molecule has 1 atom stereocenters. The zero-order valence-electron chi connectivity index (χ0n) is 32.6. The third-order valence-corrected chi connectivity index (χ3v) is 11.9. The maximum atomic E-state index is 14.3. The molecule has 1 aromatic heterocycles. The molecule has 1 unspecified atom stereocenters. The maximum Gasteiger partial charge on any atom is 0.266 e. The highest BCUT2D eigenvalue weighted by molar-refractivity contribution is 5.84. The van der Waals surface area contributed by atoms with Crippen LogP contribution in [0.3, 0.4) is 0 Å². The van der Waals surface area contributed by atoms with Crippen LogP contribution in [0.2, 0.25) is 0 Å². The Balaban J connectivity index is 0.990. The van der Waals surface area contributed by atoms with Crippen molar-refractivity contribution in [1.82, 2.24) is 14.5 Å². The zero-order valence-corrected chi connectivity index (χ0v) is 32.6. The van der Waals surface area contributed by atoms with Gasteiger partial charge in [-0.05, 0) is 93.7 Å². The van der Waals surface area contributed by atoms with Crippen molar-refractivity contribution in [2.45, 2.75) is 65.1 Å². The van der Waals surface area contributed by atoms with Gasteiger partial charge in [0.15, 0.2) is 11.5 Å². The minimum Gasteiger partial charge on any atom is -0.494 e. The van der Waals surface area contributed by atoms with Crippen LogP contribution in [0.15, 0.2) is 94.7 Å². The number of aromatic nitrogens is 2. The highest BCUT2D eigenvalue weighted by Crippen LogP contribution is 2.44. The number of hydrogen-bond acceptors (Lipinski definition) is 9. The van der Waals surface area contributed by atoms with E-state index in [2.05, 4.69) is 49.8 Å². The van der Waals surface area contributed by atoms with Gasteiger partial charge in [0.2, 0.25) is 0 Å². The molecule has 55 heavy (non-hydrogen) atoms. The van der Waals surface area contributed by atoms with Crippen molar-refractivity contribution in [3.05, 3.63) is 101 Å². The predicted molar refractivity (Wildman–Crippen MR) is 219 cm³/mol. The third-order valence-electron chi connectivity index (χ3n) is 11.9. The van der Waals surface area contributed by atoms with Gasteiger partial charge in [-0.3, -0.25) is 19.3 Å². The second-order valence-corrected chi connectivity index (χ2v) is 15.9. The first kappa shape index (κ1) is 36.8. The molecule has 0 N–H and O–H groups in total. The van der Waals surface area contributed by atoms with E-state index in [0.29, 0.717) is 48.3 Å². The van der Waals surface area contributed by atoms with Crippen LogP contribution in [0.5, 0.6) is 17.2 Å². The SMILES string of the molecule is COc1cc2c(cc1OC(C)(C)C(C)(C)CCOc1ccc(-n3c(-c4ccccc4)nc4ccc(N5CCOCC5)cc4c3=O)cc1)N=CC1CCCN1C2. The molecule has 5 aromatic rings. The minimum absolute atomic E-state index is 0.116. The van der Waals surface area contributed by atoms with Crippen molar-refractivity contribution in [2.24, 2.45) is 10.4 Å². The lowest BCUT2D eigenvalue weighted by molar-refractivity contribution is -0.0238. The van der Waals surface area contributed by atoms with E-state index < -0.39 is 5.60 Å². The van der Waals surface area contributed by atoms with Crippen molar-refractivity contribution in [2.75, 3.05) is 51.5 Å². The quantitative estimate of drug-likeness (QED) is 0.134. The Kier molecular flexibility index (Phi) is 10.1. The molecule has 4 heterocycles. The fourth-order valence-corrected chi connectivity index (χ4v) is 7.72. The van der Waals surface area contributed by atoms with E-state index in [0.717, 1.165) is 78.7 Å². The monoisotopic (exact) mass is 741 g/mol. The number of aliphatic imine (C=N–C) groups is 1. The minimum atomic E-state index is -0.560. The van der Waals surface area contributed by atoms with Crippen LogP contribution in [0.25, 0.3) is 28.0 Å². The summed E-state index contributed by atoms with van der Waals surface area (Å²) in [7, 11) is 1.70. The van der Waals surface area contributed by atoms with E-state index in [1.807, 2.05) is 78.9 Å². The number of methoxy groups -OCH3 is 1. The molecule has 3 aliphatic heterocycles. The summed E-state index contributed by atoms with van der Waals surface area (Å²) in [5.74, 6) is 2.73. The smallest absolute Gasteiger partial charge is 0.266 e. The molecule has 286 valence electrons. The van der Waals surface area contributed by atoms with Gasteiger partial charge in [0.1, 0.15) is 17.2 Å². The first-order chi connectivity index (χ1) is 26.6. The molecule has 0 bridgehead atoms. The van der Waals surface area contributed by atoms with Crippen molar-refractivity contribution in [1.29, 1.82) is 0 Å². The van der Waals surface area contributed by atoms with Gasteiger partial charge in [-0.1, -0.05) is 44.2 Å². The molecular weight excluding hydrogens is 691 g/mol. The van der Waals surface area contributed by atoms with Crippen LogP contribution in [-0.4, -0.2) is 78.9 Å². The van der Waals surface area contributed by atoms with Crippen molar-refractivity contribution < 1.29 is 18.9 Å². The Hall–Kier alpha value is -5.19. The number of ether oxygens (including phenoxy) is 4. The lowest BCUT2D eigenvalue weighted by atomic mass is 9.74. The third kappa shape index (κ3) is 7.45. The van der Waals surface area contributed by atoms with Crippen molar-refractivity contribution >= 4 is 28.5 Å². The molecule has 4 aromatic carbocycles. The standard InChI is InChI=1S/C45H51N5O5/c1-44(2,45(3,4)55-41-28-39-32(26-40(41)52-5)30-49-20-9-12-35(49)29-46-39)19-23-54-36-16-13-33(14-17-36)50-42(31-10-7-6-8-11-31)47-38-18-15-34(27-37(38)43(50)51)48-21-24-53-25-22-48/h6-8,10-11,13-18,26-29,35H,9,12,19-25,30H2,1-5H3. The summed E-state index contributed by atoms with van der Waals surface area (Å²) in [5, 5.41) is 0.576. The van der Waals surface area contributed by atoms with Crippen LogP contribution in [0, 0.1) is 5.41 Å². The van der Waals surface area contributed by atoms with E-state index in [1.54, 1.807) is 11.7 Å². The number of benzene rings is 4. The van der Waals surface area contributed by atoms with Crippen LogP contribution >= 0.6 is 0 Å².